The maximum Gasteiger partial charge on any atom is 0.255 e. The smallest absolute Gasteiger partial charge is 0.255 e. The number of carbonyl (C=O) groups excluding carboxylic acids is 2. The van der Waals surface area contributed by atoms with Gasteiger partial charge in [-0.05, 0) is 24.5 Å². The molecule has 3 rings (SSSR count). The molecule has 1 aromatic heterocycles. The number of benzene rings is 1. The zero-order chi connectivity index (χ0) is 17.3. The molecule has 24 heavy (non-hydrogen) atoms. The van der Waals surface area contributed by atoms with Crippen LogP contribution in [0.5, 0.6) is 0 Å². The highest BCUT2D eigenvalue weighted by molar-refractivity contribution is 6.03. The zero-order valence-electron chi connectivity index (χ0n) is 14.0. The molecular formula is C17H21N5O2. The molecule has 0 aliphatic carbocycles. The summed E-state index contributed by atoms with van der Waals surface area (Å²) >= 11 is 0. The number of aromatic amines is 1. The molecule has 0 bridgehead atoms. The summed E-state index contributed by atoms with van der Waals surface area (Å²) in [6, 6.07) is 6.82. The minimum atomic E-state index is -0.600. The number of anilines is 1. The number of nitrogens with one attached hydrogen (secondary N) is 2. The summed E-state index contributed by atoms with van der Waals surface area (Å²) in [4.78, 5) is 30.7. The van der Waals surface area contributed by atoms with Crippen molar-refractivity contribution in [2.24, 2.45) is 5.92 Å². The van der Waals surface area contributed by atoms with Crippen LogP contribution in [0.3, 0.4) is 0 Å². The summed E-state index contributed by atoms with van der Waals surface area (Å²) < 4.78 is 0. The Labute approximate surface area is 140 Å². The molecule has 0 radical (unpaired) electrons. The van der Waals surface area contributed by atoms with Crippen molar-refractivity contribution >= 4 is 17.8 Å². The zero-order valence-corrected chi connectivity index (χ0v) is 14.0. The van der Waals surface area contributed by atoms with Crippen molar-refractivity contribution in [1.82, 2.24) is 20.1 Å². The van der Waals surface area contributed by atoms with Gasteiger partial charge in [-0.3, -0.25) is 20.0 Å². The average molecular weight is 327 g/mol. The summed E-state index contributed by atoms with van der Waals surface area (Å²) in [5.41, 5.74) is 1.61. The Bertz CT molecular complexity index is 768. The lowest BCUT2D eigenvalue weighted by atomic mass is 10.1. The molecule has 2 aromatic rings. The Morgan fingerprint density at radius 3 is 2.79 bits per heavy atom. The number of rotatable bonds is 5. The predicted molar refractivity (Wildman–Crippen MR) is 89.3 cm³/mol. The second-order valence-electron chi connectivity index (χ2n) is 6.46. The Morgan fingerprint density at radius 2 is 2.08 bits per heavy atom. The molecule has 1 aliphatic rings. The molecule has 0 saturated carbocycles. The van der Waals surface area contributed by atoms with Gasteiger partial charge in [-0.15, -0.1) is 5.10 Å². The number of amides is 2. The second-order valence-corrected chi connectivity index (χ2v) is 6.46. The fraction of sp³-hybridized carbons (Fsp3) is 0.412. The highest BCUT2D eigenvalue weighted by Crippen LogP contribution is 2.24. The standard InChI is InChI=1S/C17H21N5O2/c1-10(2)8-14-18-17(21-20-14)19-15(23)11(3)22-9-12-6-4-5-7-13(12)16(22)24/h4-7,10-11H,8-9H2,1-3H3,(H2,18,19,20,21,23)/t11-/m1/s1. The van der Waals surface area contributed by atoms with E-state index in [1.165, 1.54) is 0 Å². The monoisotopic (exact) mass is 327 g/mol. The van der Waals surface area contributed by atoms with Gasteiger partial charge in [-0.25, -0.2) is 0 Å². The van der Waals surface area contributed by atoms with E-state index in [2.05, 4.69) is 34.3 Å². The third kappa shape index (κ3) is 3.15. The molecule has 0 spiro atoms. The van der Waals surface area contributed by atoms with E-state index >= 15 is 0 Å². The van der Waals surface area contributed by atoms with Crippen LogP contribution >= 0.6 is 0 Å². The fourth-order valence-electron chi connectivity index (χ4n) is 2.78. The molecule has 2 amide bonds. The molecule has 1 aromatic carbocycles. The topological polar surface area (TPSA) is 91.0 Å². The third-order valence-electron chi connectivity index (χ3n) is 4.06. The maximum absolute atomic E-state index is 12.4. The van der Waals surface area contributed by atoms with Gasteiger partial charge in [0.2, 0.25) is 11.9 Å². The van der Waals surface area contributed by atoms with E-state index in [1.807, 2.05) is 18.2 Å². The Balaban J connectivity index is 1.66. The van der Waals surface area contributed by atoms with Gasteiger partial charge in [-0.2, -0.15) is 4.98 Å². The summed E-state index contributed by atoms with van der Waals surface area (Å²) in [5, 5.41) is 9.50. The molecule has 1 aliphatic heterocycles. The van der Waals surface area contributed by atoms with Crippen LogP contribution in [0.2, 0.25) is 0 Å². The molecule has 2 heterocycles. The van der Waals surface area contributed by atoms with E-state index in [0.717, 1.165) is 17.8 Å². The minimum absolute atomic E-state index is 0.122. The van der Waals surface area contributed by atoms with Crippen LogP contribution in [0.15, 0.2) is 24.3 Å². The number of aromatic nitrogens is 3. The quantitative estimate of drug-likeness (QED) is 0.878. The fourth-order valence-corrected chi connectivity index (χ4v) is 2.78. The first-order valence-corrected chi connectivity index (χ1v) is 8.06. The summed E-state index contributed by atoms with van der Waals surface area (Å²) in [6.45, 7) is 6.32. The van der Waals surface area contributed by atoms with E-state index in [0.29, 0.717) is 18.0 Å². The third-order valence-corrected chi connectivity index (χ3v) is 4.06. The van der Waals surface area contributed by atoms with E-state index in [-0.39, 0.29) is 17.8 Å². The van der Waals surface area contributed by atoms with Gasteiger partial charge < -0.3 is 4.90 Å². The number of hydrogen-bond acceptors (Lipinski definition) is 4. The predicted octanol–water partition coefficient (Wildman–Crippen LogP) is 1.99. The second kappa shape index (κ2) is 6.43. The molecule has 126 valence electrons. The molecular weight excluding hydrogens is 306 g/mol. The lowest BCUT2D eigenvalue weighted by Crippen LogP contribution is -2.42. The Hall–Kier alpha value is -2.70. The Morgan fingerprint density at radius 1 is 1.33 bits per heavy atom. The molecule has 1 atom stereocenters. The van der Waals surface area contributed by atoms with Crippen molar-refractivity contribution in [2.75, 3.05) is 5.32 Å². The molecule has 7 nitrogen and oxygen atoms in total. The number of nitrogens with zero attached hydrogens (tertiary/aromatic N) is 3. The number of H-pyrrole nitrogens is 1. The van der Waals surface area contributed by atoms with E-state index in [9.17, 15) is 9.59 Å². The van der Waals surface area contributed by atoms with Crippen LogP contribution in [-0.4, -0.2) is 37.9 Å². The first kappa shape index (κ1) is 16.2. The maximum atomic E-state index is 12.4. The largest absolute Gasteiger partial charge is 0.323 e. The van der Waals surface area contributed by atoms with Crippen molar-refractivity contribution < 1.29 is 9.59 Å². The van der Waals surface area contributed by atoms with Gasteiger partial charge in [0.15, 0.2) is 0 Å². The minimum Gasteiger partial charge on any atom is -0.323 e. The van der Waals surface area contributed by atoms with Crippen molar-refractivity contribution in [1.29, 1.82) is 0 Å². The number of fused-ring (bicyclic) bond motifs is 1. The number of carbonyl (C=O) groups is 2. The Kier molecular flexibility index (Phi) is 4.33. The first-order chi connectivity index (χ1) is 11.5. The number of hydrogen-bond donors (Lipinski definition) is 2. The van der Waals surface area contributed by atoms with Crippen LogP contribution < -0.4 is 5.32 Å². The van der Waals surface area contributed by atoms with Crippen LogP contribution in [0, 0.1) is 5.92 Å². The SMILES string of the molecule is CC(C)Cc1nc(NC(=O)[C@@H](C)N2Cc3ccccc3C2=O)n[nH]1. The van der Waals surface area contributed by atoms with Gasteiger partial charge in [0.1, 0.15) is 11.9 Å². The van der Waals surface area contributed by atoms with Gasteiger partial charge in [0, 0.05) is 18.5 Å². The van der Waals surface area contributed by atoms with Crippen LogP contribution in [0.25, 0.3) is 0 Å². The van der Waals surface area contributed by atoms with Crippen molar-refractivity contribution in [3.63, 3.8) is 0 Å². The average Bonchev–Trinajstić information content (AvgIpc) is 3.11. The highest BCUT2D eigenvalue weighted by Gasteiger charge is 2.33. The van der Waals surface area contributed by atoms with Gasteiger partial charge in [-0.1, -0.05) is 32.0 Å². The van der Waals surface area contributed by atoms with Gasteiger partial charge >= 0.3 is 0 Å². The van der Waals surface area contributed by atoms with Crippen molar-refractivity contribution in [3.8, 4) is 0 Å². The van der Waals surface area contributed by atoms with Crippen LogP contribution in [0.1, 0.15) is 42.5 Å². The first-order valence-electron chi connectivity index (χ1n) is 8.06. The van der Waals surface area contributed by atoms with Crippen molar-refractivity contribution in [3.05, 3.63) is 41.2 Å². The molecule has 0 unspecified atom stereocenters. The van der Waals surface area contributed by atoms with E-state index in [4.69, 9.17) is 0 Å². The summed E-state index contributed by atoms with van der Waals surface area (Å²) in [6.07, 6.45) is 0.762. The normalized spacial score (nSPS) is 14.8. The highest BCUT2D eigenvalue weighted by atomic mass is 16.2. The van der Waals surface area contributed by atoms with Gasteiger partial charge in [0.25, 0.3) is 5.91 Å². The van der Waals surface area contributed by atoms with Crippen LogP contribution in [-0.2, 0) is 17.8 Å². The van der Waals surface area contributed by atoms with Crippen molar-refractivity contribution in [2.45, 2.75) is 39.8 Å². The molecule has 0 fully saturated rings. The van der Waals surface area contributed by atoms with Gasteiger partial charge in [0.05, 0.1) is 0 Å². The summed E-state index contributed by atoms with van der Waals surface area (Å²) in [7, 11) is 0. The summed E-state index contributed by atoms with van der Waals surface area (Å²) in [5.74, 6) is 1.00. The van der Waals surface area contributed by atoms with E-state index in [1.54, 1.807) is 17.9 Å². The molecule has 2 N–H and O–H groups in total. The lowest BCUT2D eigenvalue weighted by molar-refractivity contribution is -0.120. The molecule has 0 saturated heterocycles. The lowest BCUT2D eigenvalue weighted by Gasteiger charge is -2.22. The molecule has 7 heteroatoms. The van der Waals surface area contributed by atoms with Crippen LogP contribution in [0.4, 0.5) is 5.95 Å². The van der Waals surface area contributed by atoms with E-state index < -0.39 is 6.04 Å².